The van der Waals surface area contributed by atoms with Crippen LogP contribution in [-0.2, 0) is 16.0 Å². The van der Waals surface area contributed by atoms with Crippen molar-refractivity contribution in [1.29, 1.82) is 0 Å². The zero-order valence-electron chi connectivity index (χ0n) is 22.2. The molecule has 0 unspecified atom stereocenters. The lowest BCUT2D eigenvalue weighted by Crippen LogP contribution is -2.34. The van der Waals surface area contributed by atoms with Gasteiger partial charge in [0.2, 0.25) is 0 Å². The predicted molar refractivity (Wildman–Crippen MR) is 142 cm³/mol. The van der Waals surface area contributed by atoms with Crippen LogP contribution in [-0.4, -0.2) is 57.8 Å². The van der Waals surface area contributed by atoms with Crippen molar-refractivity contribution in [3.05, 3.63) is 47.1 Å². The maximum Gasteiger partial charge on any atom is 0.405 e. The van der Waals surface area contributed by atoms with E-state index in [1.165, 1.54) is 6.07 Å². The predicted octanol–water partition coefficient (Wildman–Crippen LogP) is 3.26. The van der Waals surface area contributed by atoms with Crippen molar-refractivity contribution >= 4 is 17.7 Å². The lowest BCUT2D eigenvalue weighted by atomic mass is 9.82. The Labute approximate surface area is 219 Å². The molecule has 37 heavy (non-hydrogen) atoms. The summed E-state index contributed by atoms with van der Waals surface area (Å²) in [5.41, 5.74) is 7.64. The Morgan fingerprint density at radius 3 is 2.46 bits per heavy atom. The zero-order valence-corrected chi connectivity index (χ0v) is 22.2. The monoisotopic (exact) mass is 518 g/mol. The molecule has 0 radical (unpaired) electrons. The summed E-state index contributed by atoms with van der Waals surface area (Å²) in [5, 5.41) is 44.4. The van der Waals surface area contributed by atoms with Crippen LogP contribution in [0.5, 0.6) is 5.75 Å². The van der Waals surface area contributed by atoms with Crippen molar-refractivity contribution in [2.24, 2.45) is 29.4 Å². The van der Waals surface area contributed by atoms with Crippen LogP contribution in [0.4, 0.5) is 10.5 Å². The number of aromatic hydroxyl groups is 1. The van der Waals surface area contributed by atoms with E-state index >= 15 is 0 Å². The summed E-state index contributed by atoms with van der Waals surface area (Å²) >= 11 is 0. The molecule has 0 aliphatic carbocycles. The van der Waals surface area contributed by atoms with E-state index in [4.69, 9.17) is 10.5 Å². The Morgan fingerprint density at radius 1 is 1.16 bits per heavy atom. The molecule has 1 aromatic carbocycles. The number of hydrogen-bond donors (Lipinski definition) is 6. The third kappa shape index (κ3) is 8.87. The minimum atomic E-state index is -0.971. The van der Waals surface area contributed by atoms with Gasteiger partial charge in [-0.05, 0) is 74.8 Å². The number of ether oxygens (including phenoxy) is 1. The molecule has 0 aromatic heterocycles. The second kappa shape index (κ2) is 14.2. The van der Waals surface area contributed by atoms with Crippen LogP contribution in [0.15, 0.2) is 41.5 Å². The number of carbonyl (C=O) groups excluding carboxylic acids is 2. The molecule has 206 valence electrons. The van der Waals surface area contributed by atoms with Gasteiger partial charge in [0.1, 0.15) is 11.9 Å². The van der Waals surface area contributed by atoms with E-state index in [0.29, 0.717) is 48.1 Å². The fourth-order valence-corrected chi connectivity index (χ4v) is 5.02. The molecule has 1 aliphatic heterocycles. The van der Waals surface area contributed by atoms with E-state index in [-0.39, 0.29) is 36.7 Å². The third-order valence-corrected chi connectivity index (χ3v) is 7.09. The molecule has 0 saturated carbocycles. The fraction of sp³-hybridized carbons (Fsp3) is 0.571. The zero-order chi connectivity index (χ0) is 27.7. The average Bonchev–Trinajstić information content (AvgIpc) is 2.84. The maximum atomic E-state index is 12.7. The highest BCUT2D eigenvalue weighted by Gasteiger charge is 2.29. The van der Waals surface area contributed by atoms with Crippen LogP contribution in [0, 0.1) is 23.7 Å². The van der Waals surface area contributed by atoms with Gasteiger partial charge >= 0.3 is 6.09 Å². The van der Waals surface area contributed by atoms with E-state index in [2.05, 4.69) is 5.32 Å². The molecular formula is C28H42N2O7. The minimum absolute atomic E-state index is 0.00866. The van der Waals surface area contributed by atoms with Crippen LogP contribution in [0.25, 0.3) is 0 Å². The van der Waals surface area contributed by atoms with Crippen LogP contribution < -0.4 is 11.1 Å². The molecule has 9 nitrogen and oxygen atoms in total. The second-order valence-electron chi connectivity index (χ2n) is 10.3. The smallest absolute Gasteiger partial charge is 0.405 e. The molecule has 1 aromatic rings. The molecule has 1 heterocycles. The number of fused-ring (bicyclic) bond motifs is 2. The number of carbonyl (C=O) groups is 2. The van der Waals surface area contributed by atoms with Gasteiger partial charge in [0.05, 0.1) is 6.10 Å². The second-order valence-corrected chi connectivity index (χ2v) is 10.3. The Morgan fingerprint density at radius 2 is 1.84 bits per heavy atom. The first kappa shape index (κ1) is 30.3. The average molecular weight is 519 g/mol. The van der Waals surface area contributed by atoms with Gasteiger partial charge in [-0.25, -0.2) is 4.79 Å². The summed E-state index contributed by atoms with van der Waals surface area (Å²) in [5.74, 6) is -1.46. The first-order valence-corrected chi connectivity index (χ1v) is 12.8. The Bertz CT molecular complexity index is 991. The number of nitrogens with two attached hydrogens (primary N) is 1. The lowest BCUT2D eigenvalue weighted by Gasteiger charge is -2.30. The molecular weight excluding hydrogens is 476 g/mol. The first-order valence-electron chi connectivity index (χ1n) is 12.8. The molecule has 7 N–H and O–H groups in total. The topological polar surface area (TPSA) is 162 Å². The van der Waals surface area contributed by atoms with Crippen LogP contribution in [0.1, 0.15) is 52.5 Å². The standard InChI is InChI=1S/C28H42N2O7/c1-16-10-21-13-23(8-9-24(21)33)30-27(35)17(2)6-5-7-20(14-31)26(37-28(29)36)19(4)12-18(3)25(34)22(11-16)15-32/h6,8-9,12-13,16,18,20,22,25-26,31-34H,5,7,10-11,14-15H2,1-4H3,(H2,29,36)(H,30,35)/b17-6+,19-12+/t16-,18+,20-,22-,25-,26+/m1/s1. The number of phenols is 1. The molecule has 9 heteroatoms. The maximum absolute atomic E-state index is 12.7. The summed E-state index contributed by atoms with van der Waals surface area (Å²) < 4.78 is 5.36. The molecule has 0 saturated heterocycles. The Balaban J connectivity index is 2.47. The number of benzene rings is 1. The Hall–Kier alpha value is -2.88. The number of anilines is 1. The summed E-state index contributed by atoms with van der Waals surface area (Å²) in [6.45, 7) is 6.74. The van der Waals surface area contributed by atoms with Gasteiger partial charge in [0.15, 0.2) is 0 Å². The highest BCUT2D eigenvalue weighted by molar-refractivity contribution is 6.03. The molecule has 6 atom stereocenters. The largest absolute Gasteiger partial charge is 0.508 e. The summed E-state index contributed by atoms with van der Waals surface area (Å²) in [4.78, 5) is 24.4. The van der Waals surface area contributed by atoms with E-state index in [9.17, 15) is 30.0 Å². The van der Waals surface area contributed by atoms with Crippen molar-refractivity contribution < 1.29 is 34.8 Å². The molecule has 2 rings (SSSR count). The molecule has 0 spiro atoms. The van der Waals surface area contributed by atoms with Gasteiger partial charge in [-0.3, -0.25) is 4.79 Å². The van der Waals surface area contributed by atoms with Gasteiger partial charge in [-0.1, -0.05) is 26.0 Å². The number of aliphatic hydroxyl groups is 3. The van der Waals surface area contributed by atoms with E-state index < -0.39 is 30.1 Å². The third-order valence-electron chi connectivity index (χ3n) is 7.09. The van der Waals surface area contributed by atoms with Crippen molar-refractivity contribution in [1.82, 2.24) is 0 Å². The molecule has 1 aliphatic rings. The number of rotatable bonds is 3. The highest BCUT2D eigenvalue weighted by atomic mass is 16.6. The quantitative estimate of drug-likeness (QED) is 0.264. The SMILES string of the molecule is C/C1=C\CC[C@H](CO)[C@@H](OC(N)=O)/C(C)=C/[C@H](C)[C@@H](O)[C@@H](CO)C[C@H](C)Cc2cc(ccc2O)NC1=O. The van der Waals surface area contributed by atoms with E-state index in [1.54, 1.807) is 38.1 Å². The number of nitrogens with one attached hydrogen (secondary N) is 1. The summed E-state index contributed by atoms with van der Waals surface area (Å²) in [6.07, 6.45) is 2.73. The fourth-order valence-electron chi connectivity index (χ4n) is 5.02. The number of aliphatic hydroxyl groups excluding tert-OH is 3. The lowest BCUT2D eigenvalue weighted by molar-refractivity contribution is -0.112. The Kier molecular flexibility index (Phi) is 11.6. The van der Waals surface area contributed by atoms with Crippen molar-refractivity contribution in [3.8, 4) is 5.75 Å². The number of primary amides is 1. The minimum Gasteiger partial charge on any atom is -0.508 e. The first-order chi connectivity index (χ1) is 17.5. The molecule has 0 fully saturated rings. The van der Waals surface area contributed by atoms with Gasteiger partial charge < -0.3 is 36.2 Å². The van der Waals surface area contributed by atoms with Gasteiger partial charge in [-0.2, -0.15) is 0 Å². The van der Waals surface area contributed by atoms with Crippen molar-refractivity contribution in [2.45, 2.75) is 65.6 Å². The van der Waals surface area contributed by atoms with Crippen LogP contribution in [0.2, 0.25) is 0 Å². The van der Waals surface area contributed by atoms with Crippen molar-refractivity contribution in [3.63, 3.8) is 0 Å². The van der Waals surface area contributed by atoms with Crippen LogP contribution >= 0.6 is 0 Å². The van der Waals surface area contributed by atoms with Crippen LogP contribution in [0.3, 0.4) is 0 Å². The van der Waals surface area contributed by atoms with E-state index in [0.717, 1.165) is 0 Å². The van der Waals surface area contributed by atoms with Gasteiger partial charge in [-0.15, -0.1) is 0 Å². The molecule has 2 bridgehead atoms. The summed E-state index contributed by atoms with van der Waals surface area (Å²) in [6, 6.07) is 4.90. The number of phenolic OH excluding ortho intramolecular Hbond substituents is 1. The number of allylic oxidation sites excluding steroid dienone is 1. The van der Waals surface area contributed by atoms with E-state index in [1.807, 2.05) is 13.8 Å². The molecule has 2 amide bonds. The van der Waals surface area contributed by atoms with Gasteiger partial charge in [0, 0.05) is 42.2 Å². The van der Waals surface area contributed by atoms with Crippen molar-refractivity contribution in [2.75, 3.05) is 18.5 Å². The number of hydrogen-bond acceptors (Lipinski definition) is 7. The number of amides is 2. The van der Waals surface area contributed by atoms with Gasteiger partial charge in [0.25, 0.3) is 5.91 Å². The normalized spacial score (nSPS) is 31.4. The highest BCUT2D eigenvalue weighted by Crippen LogP contribution is 2.30. The summed E-state index contributed by atoms with van der Waals surface area (Å²) in [7, 11) is 0.